The molecule has 0 unspecified atom stereocenters. The van der Waals surface area contributed by atoms with Crippen LogP contribution in [0.15, 0.2) is 30.3 Å². The second-order valence-electron chi connectivity index (χ2n) is 3.90. The lowest BCUT2D eigenvalue weighted by Crippen LogP contribution is -2.22. The Bertz CT molecular complexity index is 448. The molecule has 19 heavy (non-hydrogen) atoms. The summed E-state index contributed by atoms with van der Waals surface area (Å²) in [5, 5.41) is 0. The molecule has 0 amide bonds. The van der Waals surface area contributed by atoms with Crippen molar-refractivity contribution in [1.29, 1.82) is 0 Å². The summed E-state index contributed by atoms with van der Waals surface area (Å²) >= 11 is 1.45. The zero-order valence-corrected chi connectivity index (χ0v) is 11.2. The largest absolute Gasteiger partial charge is 0.458 e. The highest BCUT2D eigenvalue weighted by Gasteiger charge is 2.29. The summed E-state index contributed by atoms with van der Waals surface area (Å²) in [7, 11) is 0. The zero-order chi connectivity index (χ0) is 13.7. The Morgan fingerprint density at radius 2 is 2.11 bits per heavy atom. The molecule has 0 aromatic heterocycles. The summed E-state index contributed by atoms with van der Waals surface area (Å²) in [5.41, 5.74) is 0.207. The Morgan fingerprint density at radius 3 is 2.79 bits per heavy atom. The summed E-state index contributed by atoms with van der Waals surface area (Å²) in [6.45, 7) is 1.47. The van der Waals surface area contributed by atoms with E-state index in [0.717, 1.165) is 0 Å². The molecule has 2 atom stereocenters. The lowest BCUT2D eigenvalue weighted by Gasteiger charge is -2.12. The van der Waals surface area contributed by atoms with Crippen LogP contribution in [0, 0.1) is 0 Å². The minimum Gasteiger partial charge on any atom is -0.458 e. The van der Waals surface area contributed by atoms with E-state index in [0.29, 0.717) is 11.3 Å². The van der Waals surface area contributed by atoms with Crippen molar-refractivity contribution >= 4 is 23.7 Å². The molecule has 0 N–H and O–H groups in total. The third kappa shape index (κ3) is 4.25. The molecule has 1 saturated heterocycles. The third-order valence-corrected chi connectivity index (χ3v) is 3.46. The van der Waals surface area contributed by atoms with Crippen LogP contribution in [0.5, 0.6) is 0 Å². The summed E-state index contributed by atoms with van der Waals surface area (Å²) in [6, 6.07) is 8.75. The number of benzene rings is 1. The van der Waals surface area contributed by atoms with Gasteiger partial charge in [0.1, 0.15) is 12.0 Å². The molecule has 0 saturated carbocycles. The van der Waals surface area contributed by atoms with Crippen molar-refractivity contribution in [3.63, 3.8) is 0 Å². The maximum atomic E-state index is 11.7. The van der Waals surface area contributed by atoms with Crippen molar-refractivity contribution in [2.45, 2.75) is 18.6 Å². The summed E-state index contributed by atoms with van der Waals surface area (Å²) < 4.78 is 15.5. The molecule has 6 heteroatoms. The van der Waals surface area contributed by atoms with Gasteiger partial charge in [0.05, 0.1) is 11.3 Å². The van der Waals surface area contributed by atoms with E-state index in [-0.39, 0.29) is 24.0 Å². The molecule has 1 heterocycles. The van der Waals surface area contributed by atoms with E-state index in [1.54, 1.807) is 24.3 Å². The van der Waals surface area contributed by atoms with E-state index in [1.165, 1.54) is 18.7 Å². The lowest BCUT2D eigenvalue weighted by atomic mass is 10.2. The fourth-order valence-corrected chi connectivity index (χ4v) is 2.45. The number of hydrogen-bond donors (Lipinski definition) is 0. The number of thioether (sulfide) groups is 1. The molecule has 1 aromatic carbocycles. The molecule has 5 nitrogen and oxygen atoms in total. The van der Waals surface area contributed by atoms with E-state index in [9.17, 15) is 9.59 Å². The third-order valence-electron chi connectivity index (χ3n) is 2.38. The van der Waals surface area contributed by atoms with Gasteiger partial charge in [-0.1, -0.05) is 18.2 Å². The van der Waals surface area contributed by atoms with Crippen LogP contribution < -0.4 is 0 Å². The Morgan fingerprint density at radius 1 is 1.37 bits per heavy atom. The van der Waals surface area contributed by atoms with Crippen LogP contribution in [-0.4, -0.2) is 36.0 Å². The van der Waals surface area contributed by atoms with Crippen LogP contribution >= 0.6 is 11.8 Å². The highest BCUT2D eigenvalue weighted by Crippen LogP contribution is 2.26. The van der Waals surface area contributed by atoms with E-state index in [1.807, 2.05) is 6.07 Å². The highest BCUT2D eigenvalue weighted by molar-refractivity contribution is 8.00. The Kier molecular flexibility index (Phi) is 4.81. The van der Waals surface area contributed by atoms with Gasteiger partial charge in [-0.25, -0.2) is 4.79 Å². The molecule has 0 radical (unpaired) electrons. The number of carbonyl (C=O) groups is 2. The van der Waals surface area contributed by atoms with E-state index in [4.69, 9.17) is 14.2 Å². The van der Waals surface area contributed by atoms with Crippen LogP contribution in [-0.2, 0) is 19.0 Å². The predicted molar refractivity (Wildman–Crippen MR) is 69.6 cm³/mol. The number of hydrogen-bond acceptors (Lipinski definition) is 6. The summed E-state index contributed by atoms with van der Waals surface area (Å²) in [4.78, 5) is 22.4. The molecular formula is C13H14O5S. The van der Waals surface area contributed by atoms with Gasteiger partial charge in [0.15, 0.2) is 0 Å². The quantitative estimate of drug-likeness (QED) is 0.785. The zero-order valence-electron chi connectivity index (χ0n) is 10.4. The van der Waals surface area contributed by atoms with Gasteiger partial charge in [-0.3, -0.25) is 4.79 Å². The van der Waals surface area contributed by atoms with Crippen LogP contribution in [0.3, 0.4) is 0 Å². The molecule has 1 aliphatic rings. The maximum Gasteiger partial charge on any atom is 0.338 e. The van der Waals surface area contributed by atoms with E-state index >= 15 is 0 Å². The van der Waals surface area contributed by atoms with Crippen LogP contribution in [0.25, 0.3) is 0 Å². The van der Waals surface area contributed by atoms with Crippen LogP contribution in [0.4, 0.5) is 0 Å². The average Bonchev–Trinajstić information content (AvgIpc) is 2.84. The van der Waals surface area contributed by atoms with Gasteiger partial charge in [-0.05, 0) is 12.1 Å². The second kappa shape index (κ2) is 6.58. The van der Waals surface area contributed by atoms with Crippen molar-refractivity contribution < 1.29 is 23.8 Å². The van der Waals surface area contributed by atoms with Crippen molar-refractivity contribution in [2.24, 2.45) is 0 Å². The van der Waals surface area contributed by atoms with Gasteiger partial charge in [0.25, 0.3) is 0 Å². The van der Waals surface area contributed by atoms with Gasteiger partial charge in [-0.15, -0.1) is 11.8 Å². The van der Waals surface area contributed by atoms with Crippen molar-refractivity contribution in [3.05, 3.63) is 35.9 Å². The first-order valence-corrected chi connectivity index (χ1v) is 6.86. The molecular weight excluding hydrogens is 268 g/mol. The molecule has 1 fully saturated rings. The molecule has 1 aromatic rings. The standard InChI is InChI=1S/C13H14O5S/c1-9(14)17-11-8-19-12(18-11)7-16-13(15)10-5-3-2-4-6-10/h2-6,11-12H,7-8H2,1H3/t11-,12+/m1/s1. The SMILES string of the molecule is CC(=O)O[C@H]1CS[C@@H](COC(=O)c2ccccc2)O1. The minimum atomic E-state index is -0.553. The minimum absolute atomic E-state index is 0.135. The topological polar surface area (TPSA) is 61.8 Å². The first kappa shape index (κ1) is 13.9. The Balaban J connectivity index is 1.75. The van der Waals surface area contributed by atoms with Gasteiger partial charge < -0.3 is 14.2 Å². The lowest BCUT2D eigenvalue weighted by molar-refractivity contribution is -0.172. The normalized spacial score (nSPS) is 21.9. The van der Waals surface area contributed by atoms with Crippen LogP contribution in [0.1, 0.15) is 17.3 Å². The summed E-state index contributed by atoms with van der Waals surface area (Å²) in [5.74, 6) is -0.221. The molecule has 102 valence electrons. The van der Waals surface area contributed by atoms with Gasteiger partial charge in [0.2, 0.25) is 6.29 Å². The molecule has 0 bridgehead atoms. The highest BCUT2D eigenvalue weighted by atomic mass is 32.2. The summed E-state index contributed by atoms with van der Waals surface area (Å²) in [6.07, 6.45) is -0.553. The number of carbonyl (C=O) groups excluding carboxylic acids is 2. The van der Waals surface area contributed by atoms with Crippen molar-refractivity contribution in [3.8, 4) is 0 Å². The average molecular weight is 282 g/mol. The molecule has 1 aliphatic heterocycles. The first-order valence-electron chi connectivity index (χ1n) is 5.81. The Hall–Kier alpha value is -1.53. The molecule has 0 aliphatic carbocycles. The Labute approximate surface area is 115 Å². The van der Waals surface area contributed by atoms with Gasteiger partial charge in [0, 0.05) is 6.92 Å². The number of ether oxygens (including phenoxy) is 3. The van der Waals surface area contributed by atoms with Gasteiger partial charge in [-0.2, -0.15) is 0 Å². The molecule has 0 spiro atoms. The van der Waals surface area contributed by atoms with E-state index in [2.05, 4.69) is 0 Å². The predicted octanol–water partition coefficient (Wildman–Crippen LogP) is 1.82. The van der Waals surface area contributed by atoms with Crippen LogP contribution in [0.2, 0.25) is 0 Å². The first-order chi connectivity index (χ1) is 9.15. The fourth-order valence-electron chi connectivity index (χ4n) is 1.57. The van der Waals surface area contributed by atoms with Gasteiger partial charge >= 0.3 is 11.9 Å². The number of rotatable bonds is 4. The fraction of sp³-hybridized carbons (Fsp3) is 0.385. The van der Waals surface area contributed by atoms with Crippen molar-refractivity contribution in [1.82, 2.24) is 0 Å². The van der Waals surface area contributed by atoms with E-state index < -0.39 is 6.29 Å². The second-order valence-corrected chi connectivity index (χ2v) is 5.09. The molecule has 2 rings (SSSR count). The number of esters is 2. The monoisotopic (exact) mass is 282 g/mol. The van der Waals surface area contributed by atoms with Crippen molar-refractivity contribution in [2.75, 3.05) is 12.4 Å². The smallest absolute Gasteiger partial charge is 0.338 e. The maximum absolute atomic E-state index is 11.7.